The maximum absolute atomic E-state index is 12.8. The van der Waals surface area contributed by atoms with Crippen molar-refractivity contribution in [2.24, 2.45) is 5.92 Å². The highest BCUT2D eigenvalue weighted by Crippen LogP contribution is 2.29. The molecule has 1 aliphatic rings. The fraction of sp³-hybridized carbons (Fsp3) is 0.667. The first kappa shape index (κ1) is 23.5. The fourth-order valence-electron chi connectivity index (χ4n) is 3.54. The first-order valence-electron chi connectivity index (χ1n) is 10.3. The van der Waals surface area contributed by atoms with E-state index < -0.39 is 10.1 Å². The summed E-state index contributed by atoms with van der Waals surface area (Å²) in [4.78, 5) is 16.7. The van der Waals surface area contributed by atoms with Gasteiger partial charge in [-0.1, -0.05) is 19.9 Å². The molecule has 29 heavy (non-hydrogen) atoms. The molecule has 8 heteroatoms. The second-order valence-electron chi connectivity index (χ2n) is 7.76. The average Bonchev–Trinajstić information content (AvgIpc) is 3.15. The number of rotatable bonds is 10. The van der Waals surface area contributed by atoms with Crippen LogP contribution >= 0.6 is 0 Å². The third-order valence-corrected chi connectivity index (χ3v) is 5.52. The molecule has 0 bridgehead atoms. The lowest BCUT2D eigenvalue weighted by atomic mass is 10.1. The van der Waals surface area contributed by atoms with Crippen LogP contribution in [0.1, 0.15) is 46.1 Å². The van der Waals surface area contributed by atoms with Crippen molar-refractivity contribution in [3.63, 3.8) is 0 Å². The van der Waals surface area contributed by atoms with Gasteiger partial charge < -0.3 is 18.7 Å². The summed E-state index contributed by atoms with van der Waals surface area (Å²) in [5.41, 5.74) is 1.55. The van der Waals surface area contributed by atoms with Crippen LogP contribution < -0.4 is 9.08 Å². The highest BCUT2D eigenvalue weighted by molar-refractivity contribution is 7.86. The highest BCUT2D eigenvalue weighted by Gasteiger charge is 2.26. The number of nitrogens with zero attached hydrogens (tertiary/aromatic N) is 2. The zero-order chi connectivity index (χ0) is 21.6. The molecule has 0 spiro atoms. The van der Waals surface area contributed by atoms with Crippen molar-refractivity contribution in [1.29, 1.82) is 0 Å². The SMILES string of the molecule is CCN(CC)c1ccc(CN(CC2CCCO2)C(=O)C(C)C)c(OS(C)(=O)=O)c1. The van der Waals surface area contributed by atoms with Gasteiger partial charge in [0.25, 0.3) is 0 Å². The van der Waals surface area contributed by atoms with Crippen LogP contribution in [0, 0.1) is 5.92 Å². The van der Waals surface area contributed by atoms with Crippen molar-refractivity contribution in [2.75, 3.05) is 37.4 Å². The van der Waals surface area contributed by atoms with E-state index in [0.717, 1.165) is 44.5 Å². The summed E-state index contributed by atoms with van der Waals surface area (Å²) < 4.78 is 34.7. The topological polar surface area (TPSA) is 76.2 Å². The lowest BCUT2D eigenvalue weighted by Crippen LogP contribution is -2.39. The maximum Gasteiger partial charge on any atom is 0.306 e. The molecule has 164 valence electrons. The Bertz CT molecular complexity index is 784. The predicted molar refractivity (Wildman–Crippen MR) is 115 cm³/mol. The van der Waals surface area contributed by atoms with Gasteiger partial charge in [-0.15, -0.1) is 0 Å². The van der Waals surface area contributed by atoms with Gasteiger partial charge in [0.15, 0.2) is 0 Å². The first-order chi connectivity index (χ1) is 13.6. The number of anilines is 1. The number of carbonyl (C=O) groups is 1. The molecule has 1 aromatic rings. The number of hydrogen-bond acceptors (Lipinski definition) is 6. The van der Waals surface area contributed by atoms with E-state index in [4.69, 9.17) is 8.92 Å². The largest absolute Gasteiger partial charge is 0.382 e. The second kappa shape index (κ2) is 10.3. The van der Waals surface area contributed by atoms with Crippen LogP contribution in [0.5, 0.6) is 5.75 Å². The summed E-state index contributed by atoms with van der Waals surface area (Å²) in [5.74, 6) is 0.120. The third-order valence-electron chi connectivity index (χ3n) is 5.04. The molecule has 1 unspecified atom stereocenters. The van der Waals surface area contributed by atoms with Crippen LogP contribution in [0.15, 0.2) is 18.2 Å². The van der Waals surface area contributed by atoms with Crippen LogP contribution in [0.3, 0.4) is 0 Å². The highest BCUT2D eigenvalue weighted by atomic mass is 32.2. The van der Waals surface area contributed by atoms with Crippen molar-refractivity contribution in [2.45, 2.75) is 53.2 Å². The van der Waals surface area contributed by atoms with Crippen molar-refractivity contribution in [3.05, 3.63) is 23.8 Å². The normalized spacial score (nSPS) is 16.8. The fourth-order valence-corrected chi connectivity index (χ4v) is 4.02. The Hall–Kier alpha value is -1.80. The van der Waals surface area contributed by atoms with E-state index in [1.807, 2.05) is 39.8 Å². The number of ether oxygens (including phenoxy) is 1. The monoisotopic (exact) mass is 426 g/mol. The van der Waals surface area contributed by atoms with Crippen molar-refractivity contribution < 1.29 is 22.1 Å². The van der Waals surface area contributed by atoms with Crippen LogP contribution in [-0.2, 0) is 26.2 Å². The van der Waals surface area contributed by atoms with E-state index >= 15 is 0 Å². The van der Waals surface area contributed by atoms with Gasteiger partial charge in [0.1, 0.15) is 5.75 Å². The van der Waals surface area contributed by atoms with Gasteiger partial charge in [-0.2, -0.15) is 8.42 Å². The molecule has 2 rings (SSSR count). The molecule has 0 N–H and O–H groups in total. The predicted octanol–water partition coefficient (Wildman–Crippen LogP) is 3.03. The van der Waals surface area contributed by atoms with E-state index in [1.165, 1.54) is 0 Å². The lowest BCUT2D eigenvalue weighted by Gasteiger charge is -2.28. The molecule has 1 heterocycles. The van der Waals surface area contributed by atoms with Crippen LogP contribution in [0.2, 0.25) is 0 Å². The minimum Gasteiger partial charge on any atom is -0.382 e. The Kier molecular flexibility index (Phi) is 8.34. The summed E-state index contributed by atoms with van der Waals surface area (Å²) in [7, 11) is -3.70. The van der Waals surface area contributed by atoms with E-state index in [-0.39, 0.29) is 30.2 Å². The molecule has 1 atom stereocenters. The third kappa shape index (κ3) is 6.89. The molecule has 0 aliphatic carbocycles. The Morgan fingerprint density at radius 3 is 2.48 bits per heavy atom. The molecule has 0 saturated carbocycles. The second-order valence-corrected chi connectivity index (χ2v) is 9.34. The Morgan fingerprint density at radius 2 is 1.97 bits per heavy atom. The van der Waals surface area contributed by atoms with Crippen LogP contribution in [0.25, 0.3) is 0 Å². The summed E-state index contributed by atoms with van der Waals surface area (Å²) in [5, 5.41) is 0. The van der Waals surface area contributed by atoms with Gasteiger partial charge in [0, 0.05) is 56.0 Å². The van der Waals surface area contributed by atoms with Gasteiger partial charge in [-0.3, -0.25) is 4.79 Å². The number of hydrogen-bond donors (Lipinski definition) is 0. The molecule has 1 saturated heterocycles. The van der Waals surface area contributed by atoms with Gasteiger partial charge >= 0.3 is 10.1 Å². The molecule has 0 aromatic heterocycles. The number of carbonyl (C=O) groups excluding carboxylic acids is 1. The van der Waals surface area contributed by atoms with E-state index in [0.29, 0.717) is 12.1 Å². The molecule has 1 aliphatic heterocycles. The van der Waals surface area contributed by atoms with Gasteiger partial charge in [-0.25, -0.2) is 0 Å². The summed E-state index contributed by atoms with van der Waals surface area (Å²) >= 11 is 0. The van der Waals surface area contributed by atoms with Crippen molar-refractivity contribution >= 4 is 21.7 Å². The smallest absolute Gasteiger partial charge is 0.306 e. The number of amides is 1. The van der Waals surface area contributed by atoms with Crippen LogP contribution in [-0.4, -0.2) is 57.8 Å². The lowest BCUT2D eigenvalue weighted by molar-refractivity contribution is -0.136. The van der Waals surface area contributed by atoms with E-state index in [1.54, 1.807) is 11.0 Å². The van der Waals surface area contributed by atoms with E-state index in [2.05, 4.69) is 4.90 Å². The molecule has 1 amide bonds. The van der Waals surface area contributed by atoms with Crippen LogP contribution in [0.4, 0.5) is 5.69 Å². The zero-order valence-electron chi connectivity index (χ0n) is 18.2. The first-order valence-corrected chi connectivity index (χ1v) is 12.1. The Labute approximate surface area is 175 Å². The minimum atomic E-state index is -3.70. The molecule has 0 radical (unpaired) electrons. The summed E-state index contributed by atoms with van der Waals surface area (Å²) in [6.45, 7) is 10.9. The average molecular weight is 427 g/mol. The van der Waals surface area contributed by atoms with Crippen molar-refractivity contribution in [3.8, 4) is 5.75 Å². The molecule has 7 nitrogen and oxygen atoms in total. The van der Waals surface area contributed by atoms with Gasteiger partial charge in [-0.05, 0) is 32.8 Å². The standard InChI is InChI=1S/C21H34N2O5S/c1-6-22(7-2)18-11-10-17(20(13-18)28-29(5,25)26)14-23(21(24)16(3)4)15-19-9-8-12-27-19/h10-11,13,16,19H,6-9,12,14-15H2,1-5H3. The molecule has 1 fully saturated rings. The summed E-state index contributed by atoms with van der Waals surface area (Å²) in [6.07, 6.45) is 2.97. The van der Waals surface area contributed by atoms with Crippen molar-refractivity contribution in [1.82, 2.24) is 4.90 Å². The quantitative estimate of drug-likeness (QED) is 0.535. The molecular formula is C21H34N2O5S. The zero-order valence-corrected chi connectivity index (χ0v) is 19.0. The van der Waals surface area contributed by atoms with E-state index in [9.17, 15) is 13.2 Å². The molecule has 1 aromatic carbocycles. The Morgan fingerprint density at radius 1 is 1.28 bits per heavy atom. The van der Waals surface area contributed by atoms with Gasteiger partial charge in [0.05, 0.1) is 12.4 Å². The van der Waals surface area contributed by atoms with Gasteiger partial charge in [0.2, 0.25) is 5.91 Å². The summed E-state index contributed by atoms with van der Waals surface area (Å²) in [6, 6.07) is 5.54. The molecular weight excluding hydrogens is 392 g/mol. The maximum atomic E-state index is 12.8. The Balaban J connectivity index is 2.35. The minimum absolute atomic E-state index is 0.0126. The number of benzene rings is 1.